The van der Waals surface area contributed by atoms with Gasteiger partial charge in [0.25, 0.3) is 5.91 Å². The molecule has 2 saturated heterocycles. The number of rotatable bonds is 4. The third-order valence-corrected chi connectivity index (χ3v) is 4.59. The molecular weight excluding hydrogens is 296 g/mol. The topological polar surface area (TPSA) is 88.8 Å². The zero-order chi connectivity index (χ0) is 16.4. The molecule has 124 valence electrons. The molecule has 7 nitrogen and oxygen atoms in total. The summed E-state index contributed by atoms with van der Waals surface area (Å²) in [4.78, 5) is 30.7. The van der Waals surface area contributed by atoms with E-state index in [1.165, 1.54) is 6.20 Å². The van der Waals surface area contributed by atoms with Gasteiger partial charge in [0, 0.05) is 51.4 Å². The molecule has 2 amide bonds. The monoisotopic (exact) mass is 318 g/mol. The van der Waals surface area contributed by atoms with Gasteiger partial charge in [0.05, 0.1) is 0 Å². The summed E-state index contributed by atoms with van der Waals surface area (Å²) in [6, 6.07) is 3.85. The number of primary amides is 1. The molecule has 1 aromatic rings. The van der Waals surface area contributed by atoms with Crippen molar-refractivity contribution in [3.05, 3.63) is 24.0 Å². The Hall–Kier alpha value is -2.15. The number of hydrogen-bond acceptors (Lipinski definition) is 5. The number of hydrogen-bond donors (Lipinski definition) is 1. The smallest absolute Gasteiger partial charge is 0.267 e. The summed E-state index contributed by atoms with van der Waals surface area (Å²) in [6.45, 7) is 5.06. The lowest BCUT2D eigenvalue weighted by Crippen LogP contribution is -2.59. The van der Waals surface area contributed by atoms with Crippen molar-refractivity contribution in [3.8, 4) is 5.75 Å². The Balaban J connectivity index is 1.46. The van der Waals surface area contributed by atoms with Gasteiger partial charge in [-0.1, -0.05) is 0 Å². The lowest BCUT2D eigenvalue weighted by molar-refractivity contribution is -0.131. The molecule has 3 rings (SSSR count). The van der Waals surface area contributed by atoms with E-state index in [1.807, 2.05) is 4.90 Å². The molecule has 2 fully saturated rings. The van der Waals surface area contributed by atoms with Crippen LogP contribution in [0.3, 0.4) is 0 Å². The van der Waals surface area contributed by atoms with Gasteiger partial charge in [0.15, 0.2) is 0 Å². The highest BCUT2D eigenvalue weighted by atomic mass is 16.5. The minimum atomic E-state index is -0.553. The predicted octanol–water partition coefficient (Wildman–Crippen LogP) is 0.254. The summed E-state index contributed by atoms with van der Waals surface area (Å²) >= 11 is 0. The van der Waals surface area contributed by atoms with E-state index < -0.39 is 5.91 Å². The van der Waals surface area contributed by atoms with Crippen LogP contribution in [0, 0.1) is 0 Å². The molecule has 2 aliphatic heterocycles. The van der Waals surface area contributed by atoms with Crippen molar-refractivity contribution in [1.82, 2.24) is 14.8 Å². The molecule has 0 bridgehead atoms. The van der Waals surface area contributed by atoms with Crippen LogP contribution in [0.15, 0.2) is 18.3 Å². The van der Waals surface area contributed by atoms with E-state index in [1.54, 1.807) is 19.1 Å². The fourth-order valence-electron chi connectivity index (χ4n) is 3.20. The summed E-state index contributed by atoms with van der Waals surface area (Å²) in [5.41, 5.74) is 5.44. The maximum atomic E-state index is 11.3. The van der Waals surface area contributed by atoms with Crippen LogP contribution in [0.2, 0.25) is 0 Å². The van der Waals surface area contributed by atoms with Crippen LogP contribution in [0.1, 0.15) is 30.3 Å². The SMILES string of the molecule is CC(=O)N1CCC(N2CC(Oc3ccnc(C(N)=O)c3)C2)CC1. The van der Waals surface area contributed by atoms with E-state index in [0.717, 1.165) is 39.0 Å². The second-order valence-corrected chi connectivity index (χ2v) is 6.17. The van der Waals surface area contributed by atoms with Crippen LogP contribution >= 0.6 is 0 Å². The zero-order valence-electron chi connectivity index (χ0n) is 13.3. The highest BCUT2D eigenvalue weighted by Crippen LogP contribution is 2.25. The van der Waals surface area contributed by atoms with Crippen molar-refractivity contribution in [2.45, 2.75) is 31.9 Å². The molecule has 0 atom stereocenters. The molecule has 0 saturated carbocycles. The number of pyridine rings is 1. The maximum absolute atomic E-state index is 11.3. The van der Waals surface area contributed by atoms with Crippen LogP contribution < -0.4 is 10.5 Å². The Morgan fingerprint density at radius 3 is 2.61 bits per heavy atom. The number of nitrogens with two attached hydrogens (primary N) is 1. The number of ether oxygens (including phenoxy) is 1. The molecule has 23 heavy (non-hydrogen) atoms. The fraction of sp³-hybridized carbons (Fsp3) is 0.562. The average Bonchev–Trinajstić information content (AvgIpc) is 2.51. The Kier molecular flexibility index (Phi) is 4.47. The number of aromatic nitrogens is 1. The van der Waals surface area contributed by atoms with Crippen LogP contribution in [-0.4, -0.2) is 64.9 Å². The Morgan fingerprint density at radius 1 is 1.30 bits per heavy atom. The van der Waals surface area contributed by atoms with Crippen molar-refractivity contribution < 1.29 is 14.3 Å². The number of carbonyl (C=O) groups is 2. The summed E-state index contributed by atoms with van der Waals surface area (Å²) in [7, 11) is 0. The Bertz CT molecular complexity index is 593. The minimum Gasteiger partial charge on any atom is -0.488 e. The van der Waals surface area contributed by atoms with E-state index >= 15 is 0 Å². The first-order chi connectivity index (χ1) is 11.0. The largest absolute Gasteiger partial charge is 0.488 e. The standard InChI is InChI=1S/C16H22N4O3/c1-11(21)19-6-3-12(4-7-19)20-9-14(10-20)23-13-2-5-18-15(8-13)16(17)22/h2,5,8,12,14H,3-4,6-7,9-10H2,1H3,(H2,17,22). The summed E-state index contributed by atoms with van der Waals surface area (Å²) < 4.78 is 5.87. The molecular formula is C16H22N4O3. The van der Waals surface area contributed by atoms with Crippen LogP contribution in [0.4, 0.5) is 0 Å². The Labute approximate surface area is 135 Å². The summed E-state index contributed by atoms with van der Waals surface area (Å²) in [5.74, 6) is 0.240. The first-order valence-corrected chi connectivity index (χ1v) is 7.95. The minimum absolute atomic E-state index is 0.129. The number of nitrogens with zero attached hydrogens (tertiary/aromatic N) is 3. The van der Waals surface area contributed by atoms with Gasteiger partial charge in [-0.05, 0) is 18.9 Å². The van der Waals surface area contributed by atoms with Gasteiger partial charge >= 0.3 is 0 Å². The molecule has 3 heterocycles. The molecule has 7 heteroatoms. The van der Waals surface area contributed by atoms with Crippen molar-refractivity contribution in [3.63, 3.8) is 0 Å². The lowest BCUT2D eigenvalue weighted by Gasteiger charge is -2.46. The molecule has 2 N–H and O–H groups in total. The number of likely N-dealkylation sites (tertiary alicyclic amines) is 2. The molecule has 2 aliphatic rings. The highest BCUT2D eigenvalue weighted by Gasteiger charge is 2.35. The van der Waals surface area contributed by atoms with Crippen molar-refractivity contribution in [2.24, 2.45) is 5.73 Å². The van der Waals surface area contributed by atoms with Crippen molar-refractivity contribution in [2.75, 3.05) is 26.2 Å². The second-order valence-electron chi connectivity index (χ2n) is 6.17. The molecule has 0 unspecified atom stereocenters. The maximum Gasteiger partial charge on any atom is 0.267 e. The molecule has 0 aromatic carbocycles. The van der Waals surface area contributed by atoms with Crippen LogP contribution in [-0.2, 0) is 4.79 Å². The van der Waals surface area contributed by atoms with Gasteiger partial charge < -0.3 is 15.4 Å². The van der Waals surface area contributed by atoms with Crippen LogP contribution in [0.25, 0.3) is 0 Å². The third-order valence-electron chi connectivity index (χ3n) is 4.59. The van der Waals surface area contributed by atoms with E-state index in [2.05, 4.69) is 9.88 Å². The number of piperidine rings is 1. The first-order valence-electron chi connectivity index (χ1n) is 7.95. The lowest BCUT2D eigenvalue weighted by atomic mass is 9.98. The van der Waals surface area contributed by atoms with Gasteiger partial charge in [-0.3, -0.25) is 19.5 Å². The van der Waals surface area contributed by atoms with Gasteiger partial charge in [0.1, 0.15) is 17.5 Å². The number of carbonyl (C=O) groups excluding carboxylic acids is 2. The van der Waals surface area contributed by atoms with Gasteiger partial charge in [-0.15, -0.1) is 0 Å². The highest BCUT2D eigenvalue weighted by molar-refractivity contribution is 5.91. The van der Waals surface area contributed by atoms with E-state index in [0.29, 0.717) is 11.8 Å². The number of amides is 2. The summed E-state index contributed by atoms with van der Waals surface area (Å²) in [6.07, 6.45) is 3.70. The van der Waals surface area contributed by atoms with E-state index in [-0.39, 0.29) is 17.7 Å². The normalized spacial score (nSPS) is 20.1. The second kappa shape index (κ2) is 6.54. The quantitative estimate of drug-likeness (QED) is 0.860. The average molecular weight is 318 g/mol. The molecule has 0 radical (unpaired) electrons. The van der Waals surface area contributed by atoms with Gasteiger partial charge in [-0.2, -0.15) is 0 Å². The van der Waals surface area contributed by atoms with Crippen molar-refractivity contribution in [1.29, 1.82) is 0 Å². The first kappa shape index (κ1) is 15.7. The van der Waals surface area contributed by atoms with E-state index in [4.69, 9.17) is 10.5 Å². The van der Waals surface area contributed by atoms with Crippen molar-refractivity contribution >= 4 is 11.8 Å². The van der Waals surface area contributed by atoms with E-state index in [9.17, 15) is 9.59 Å². The van der Waals surface area contributed by atoms with Gasteiger partial charge in [0.2, 0.25) is 5.91 Å². The molecule has 1 aromatic heterocycles. The van der Waals surface area contributed by atoms with Crippen LogP contribution in [0.5, 0.6) is 5.75 Å². The summed E-state index contributed by atoms with van der Waals surface area (Å²) in [5, 5.41) is 0. The van der Waals surface area contributed by atoms with Gasteiger partial charge in [-0.25, -0.2) is 0 Å². The zero-order valence-corrected chi connectivity index (χ0v) is 13.3. The molecule has 0 aliphatic carbocycles. The Morgan fingerprint density at radius 2 is 2.00 bits per heavy atom. The predicted molar refractivity (Wildman–Crippen MR) is 84.0 cm³/mol. The third kappa shape index (κ3) is 3.61. The molecule has 0 spiro atoms. The fourth-order valence-corrected chi connectivity index (χ4v) is 3.20.